The third-order valence-electron chi connectivity index (χ3n) is 3.59. The van der Waals surface area contributed by atoms with E-state index in [0.717, 1.165) is 11.0 Å². The summed E-state index contributed by atoms with van der Waals surface area (Å²) >= 11 is 0. The van der Waals surface area contributed by atoms with E-state index in [1.165, 1.54) is 6.20 Å². The molecule has 0 saturated heterocycles. The van der Waals surface area contributed by atoms with Crippen LogP contribution >= 0.6 is 0 Å². The van der Waals surface area contributed by atoms with Gasteiger partial charge in [-0.15, -0.1) is 0 Å². The first-order chi connectivity index (χ1) is 12.2. The highest BCUT2D eigenvalue weighted by molar-refractivity contribution is 5.88. The zero-order valence-electron chi connectivity index (χ0n) is 14.2. The minimum Gasteiger partial charge on any atom is -0.462 e. The van der Waals surface area contributed by atoms with Gasteiger partial charge in [-0.3, -0.25) is 4.57 Å². The number of rotatable bonds is 8. The Morgan fingerprint density at radius 1 is 1.24 bits per heavy atom. The average molecular weight is 344 g/mol. The first-order valence-corrected chi connectivity index (χ1v) is 7.98. The van der Waals surface area contributed by atoms with Crippen molar-refractivity contribution in [1.82, 2.24) is 19.3 Å². The average Bonchev–Trinajstić information content (AvgIpc) is 3.24. The van der Waals surface area contributed by atoms with Crippen LogP contribution in [-0.4, -0.2) is 52.2 Å². The van der Waals surface area contributed by atoms with Gasteiger partial charge in [0.25, 0.3) is 0 Å². The molecule has 0 unspecified atom stereocenters. The maximum atomic E-state index is 11.8. The lowest BCUT2D eigenvalue weighted by Gasteiger charge is -2.09. The molecule has 2 heterocycles. The first kappa shape index (κ1) is 17.1. The molecule has 0 bridgehead atoms. The van der Waals surface area contributed by atoms with Gasteiger partial charge in [-0.2, -0.15) is 5.10 Å². The first-order valence-electron chi connectivity index (χ1n) is 7.98. The van der Waals surface area contributed by atoms with E-state index in [1.807, 2.05) is 28.8 Å². The highest BCUT2D eigenvalue weighted by atomic mass is 16.5. The Kier molecular flexibility index (Phi) is 5.42. The van der Waals surface area contributed by atoms with Crippen molar-refractivity contribution >= 4 is 17.0 Å². The molecule has 0 radical (unpaired) electrons. The van der Waals surface area contributed by atoms with E-state index in [4.69, 9.17) is 14.2 Å². The van der Waals surface area contributed by atoms with Crippen molar-refractivity contribution in [2.24, 2.45) is 0 Å². The Morgan fingerprint density at radius 2 is 2.08 bits per heavy atom. The van der Waals surface area contributed by atoms with E-state index < -0.39 is 5.97 Å². The number of fused-ring (bicyclic) bond motifs is 1. The third-order valence-corrected chi connectivity index (χ3v) is 3.59. The van der Waals surface area contributed by atoms with Gasteiger partial charge in [0.1, 0.15) is 6.73 Å². The summed E-state index contributed by atoms with van der Waals surface area (Å²) in [5.41, 5.74) is 2.12. The van der Waals surface area contributed by atoms with Crippen LogP contribution in [-0.2, 0) is 20.9 Å². The molecular formula is C17H20N4O4. The second-order valence-corrected chi connectivity index (χ2v) is 5.25. The Balaban J connectivity index is 1.93. The fraction of sp³-hybridized carbons (Fsp3) is 0.353. The van der Waals surface area contributed by atoms with Gasteiger partial charge in [0.2, 0.25) is 5.95 Å². The number of ether oxygens (including phenoxy) is 3. The molecule has 0 aliphatic carbocycles. The van der Waals surface area contributed by atoms with E-state index in [9.17, 15) is 4.79 Å². The summed E-state index contributed by atoms with van der Waals surface area (Å²) in [6.45, 7) is 3.36. The standard InChI is InChI=1S/C17H20N4O4/c1-3-25-16(22)13-10-18-21(11-13)17-19-14-6-4-5-7-15(14)20(17)12-24-9-8-23-2/h4-7,10-11H,3,8-9,12H2,1-2H3. The Bertz CT molecular complexity index is 855. The summed E-state index contributed by atoms with van der Waals surface area (Å²) in [6, 6.07) is 7.73. The van der Waals surface area contributed by atoms with Crippen molar-refractivity contribution in [2.75, 3.05) is 26.9 Å². The summed E-state index contributed by atoms with van der Waals surface area (Å²) in [7, 11) is 1.63. The number of hydrogen-bond donors (Lipinski definition) is 0. The van der Waals surface area contributed by atoms with Crippen molar-refractivity contribution in [3.63, 3.8) is 0 Å². The molecule has 8 nitrogen and oxygen atoms in total. The summed E-state index contributed by atoms with van der Waals surface area (Å²) in [5.74, 6) is 0.155. The lowest BCUT2D eigenvalue weighted by Crippen LogP contribution is -2.12. The number of imidazole rings is 1. The monoisotopic (exact) mass is 344 g/mol. The molecule has 2 aromatic heterocycles. The maximum absolute atomic E-state index is 11.8. The third kappa shape index (κ3) is 3.70. The van der Waals surface area contributed by atoms with Gasteiger partial charge in [0, 0.05) is 13.3 Å². The highest BCUT2D eigenvalue weighted by Crippen LogP contribution is 2.19. The quantitative estimate of drug-likeness (QED) is 0.459. The predicted molar refractivity (Wildman–Crippen MR) is 90.6 cm³/mol. The Hall–Kier alpha value is -2.71. The van der Waals surface area contributed by atoms with Gasteiger partial charge in [-0.25, -0.2) is 14.5 Å². The van der Waals surface area contributed by atoms with Gasteiger partial charge in [0.15, 0.2) is 0 Å². The SMILES string of the molecule is CCOC(=O)c1cnn(-c2nc3ccccc3n2COCCOC)c1. The molecule has 3 aromatic rings. The number of carbonyl (C=O) groups is 1. The lowest BCUT2D eigenvalue weighted by molar-refractivity contribution is 0.0356. The van der Waals surface area contributed by atoms with Crippen molar-refractivity contribution in [3.05, 3.63) is 42.2 Å². The number of esters is 1. The van der Waals surface area contributed by atoms with Crippen LogP contribution in [0.25, 0.3) is 17.0 Å². The van der Waals surface area contributed by atoms with E-state index >= 15 is 0 Å². The van der Waals surface area contributed by atoms with E-state index in [2.05, 4.69) is 10.1 Å². The fourth-order valence-electron chi connectivity index (χ4n) is 2.42. The lowest BCUT2D eigenvalue weighted by atomic mass is 10.3. The molecule has 8 heteroatoms. The smallest absolute Gasteiger partial charge is 0.341 e. The molecule has 25 heavy (non-hydrogen) atoms. The van der Waals surface area contributed by atoms with Gasteiger partial charge in [-0.05, 0) is 19.1 Å². The van der Waals surface area contributed by atoms with E-state index in [-0.39, 0.29) is 0 Å². The van der Waals surface area contributed by atoms with Crippen LogP contribution in [0, 0.1) is 0 Å². The van der Waals surface area contributed by atoms with Gasteiger partial charge < -0.3 is 14.2 Å². The molecular weight excluding hydrogens is 324 g/mol. The van der Waals surface area contributed by atoms with E-state index in [1.54, 1.807) is 24.9 Å². The minimum atomic E-state index is -0.409. The van der Waals surface area contributed by atoms with Crippen LogP contribution in [0.4, 0.5) is 0 Å². The Labute approximate surface area is 144 Å². The topological polar surface area (TPSA) is 80.4 Å². The fourth-order valence-corrected chi connectivity index (χ4v) is 2.42. The molecule has 0 aliphatic rings. The van der Waals surface area contributed by atoms with Crippen LogP contribution in [0.2, 0.25) is 0 Å². The number of nitrogens with zero attached hydrogens (tertiary/aromatic N) is 4. The molecule has 0 amide bonds. The molecule has 0 N–H and O–H groups in total. The van der Waals surface area contributed by atoms with Gasteiger partial charge in [-0.1, -0.05) is 12.1 Å². The van der Waals surface area contributed by atoms with Crippen LogP contribution in [0.15, 0.2) is 36.7 Å². The minimum absolute atomic E-state index is 0.299. The van der Waals surface area contributed by atoms with Gasteiger partial charge >= 0.3 is 5.97 Å². The highest BCUT2D eigenvalue weighted by Gasteiger charge is 2.16. The number of methoxy groups -OCH3 is 1. The zero-order chi connectivity index (χ0) is 17.6. The molecule has 3 rings (SSSR count). The van der Waals surface area contributed by atoms with Gasteiger partial charge in [0.05, 0.1) is 42.6 Å². The van der Waals surface area contributed by atoms with Crippen LogP contribution < -0.4 is 0 Å². The number of benzene rings is 1. The van der Waals surface area contributed by atoms with Crippen molar-refractivity contribution in [2.45, 2.75) is 13.7 Å². The molecule has 1 aromatic carbocycles. The molecule has 0 aliphatic heterocycles. The second-order valence-electron chi connectivity index (χ2n) is 5.25. The largest absolute Gasteiger partial charge is 0.462 e. The van der Waals surface area contributed by atoms with Crippen LogP contribution in [0.3, 0.4) is 0 Å². The predicted octanol–water partition coefficient (Wildman–Crippen LogP) is 2.02. The van der Waals surface area contributed by atoms with Crippen molar-refractivity contribution < 1.29 is 19.0 Å². The summed E-state index contributed by atoms with van der Waals surface area (Å²) < 4.78 is 19.1. The summed E-state index contributed by atoms with van der Waals surface area (Å²) in [5, 5.41) is 4.24. The Morgan fingerprint density at radius 3 is 2.88 bits per heavy atom. The molecule has 0 atom stereocenters. The van der Waals surface area contributed by atoms with Crippen molar-refractivity contribution in [3.8, 4) is 5.95 Å². The van der Waals surface area contributed by atoms with Crippen LogP contribution in [0.1, 0.15) is 17.3 Å². The number of hydrogen-bond acceptors (Lipinski definition) is 6. The normalized spacial score (nSPS) is 11.1. The van der Waals surface area contributed by atoms with Crippen molar-refractivity contribution in [1.29, 1.82) is 0 Å². The van der Waals surface area contributed by atoms with E-state index in [0.29, 0.717) is 38.1 Å². The maximum Gasteiger partial charge on any atom is 0.341 e. The molecule has 0 fully saturated rings. The molecule has 0 spiro atoms. The molecule has 132 valence electrons. The molecule has 0 saturated carbocycles. The zero-order valence-corrected chi connectivity index (χ0v) is 14.2. The summed E-state index contributed by atoms with van der Waals surface area (Å²) in [6.07, 6.45) is 3.07. The number of para-hydroxylation sites is 2. The number of aromatic nitrogens is 4. The van der Waals surface area contributed by atoms with Crippen LogP contribution in [0.5, 0.6) is 0 Å². The summed E-state index contributed by atoms with van der Waals surface area (Å²) in [4.78, 5) is 16.4. The second kappa shape index (κ2) is 7.91. The number of carbonyl (C=O) groups excluding carboxylic acids is 1.